The first-order valence-electron chi connectivity index (χ1n) is 3.44. The zero-order valence-corrected chi connectivity index (χ0v) is 7.25. The first-order valence-corrected chi connectivity index (χ1v) is 4.26. The summed E-state index contributed by atoms with van der Waals surface area (Å²) >= 11 is 1.11. The van der Waals surface area contributed by atoms with Crippen LogP contribution in [0.15, 0.2) is 22.8 Å². The fourth-order valence-corrected chi connectivity index (χ4v) is 1.49. The van der Waals surface area contributed by atoms with Crippen molar-refractivity contribution in [3.05, 3.63) is 23.4 Å². The molecule has 6 heteroatoms. The first-order chi connectivity index (χ1) is 6.27. The molecule has 0 unspecified atom stereocenters. The van der Waals surface area contributed by atoms with E-state index in [9.17, 15) is 4.79 Å². The van der Waals surface area contributed by atoms with Crippen LogP contribution in [0.4, 0.5) is 0 Å². The Kier molecular flexibility index (Phi) is 1.82. The lowest BCUT2D eigenvalue weighted by molar-refractivity contribution is 0.0999. The second-order valence-electron chi connectivity index (χ2n) is 2.25. The molecule has 66 valence electrons. The zero-order chi connectivity index (χ0) is 9.26. The van der Waals surface area contributed by atoms with Gasteiger partial charge in [0.15, 0.2) is 10.8 Å². The van der Waals surface area contributed by atoms with Gasteiger partial charge in [-0.3, -0.25) is 4.79 Å². The van der Waals surface area contributed by atoms with Crippen molar-refractivity contribution in [3.63, 3.8) is 0 Å². The number of nitrogens with two attached hydrogens (primary N) is 1. The van der Waals surface area contributed by atoms with Crippen LogP contribution >= 0.6 is 11.3 Å². The number of amides is 1. The Morgan fingerprint density at radius 1 is 1.54 bits per heavy atom. The molecule has 0 bridgehead atoms. The number of hydrogen-bond donors (Lipinski definition) is 1. The molecule has 0 aromatic carbocycles. The van der Waals surface area contributed by atoms with Gasteiger partial charge in [0.05, 0.1) is 6.26 Å². The molecule has 0 atom stereocenters. The molecule has 0 aliphatic carbocycles. The van der Waals surface area contributed by atoms with Crippen LogP contribution in [-0.2, 0) is 0 Å². The Morgan fingerprint density at radius 3 is 2.92 bits per heavy atom. The van der Waals surface area contributed by atoms with Crippen LogP contribution in [0.25, 0.3) is 10.8 Å². The first kappa shape index (κ1) is 7.93. The van der Waals surface area contributed by atoms with E-state index in [-0.39, 0.29) is 5.01 Å². The molecule has 0 radical (unpaired) electrons. The lowest BCUT2D eigenvalue weighted by atomic mass is 10.5. The third-order valence-electron chi connectivity index (χ3n) is 1.37. The van der Waals surface area contributed by atoms with Crippen molar-refractivity contribution in [2.24, 2.45) is 5.73 Å². The van der Waals surface area contributed by atoms with Crippen LogP contribution in [0.1, 0.15) is 9.80 Å². The third kappa shape index (κ3) is 1.43. The molecule has 2 heterocycles. The SMILES string of the molecule is NC(=O)c1nnc(-c2ccco2)s1. The topological polar surface area (TPSA) is 82.0 Å². The molecular formula is C7H5N3O2S. The lowest BCUT2D eigenvalue weighted by Gasteiger charge is -1.83. The standard InChI is InChI=1S/C7H5N3O2S/c8-5(11)7-10-9-6(13-7)4-2-1-3-12-4/h1-3H,(H2,8,11). The number of primary amides is 1. The van der Waals surface area contributed by atoms with Crippen molar-refractivity contribution in [2.75, 3.05) is 0 Å². The van der Waals surface area contributed by atoms with Crippen LogP contribution in [-0.4, -0.2) is 16.1 Å². The monoisotopic (exact) mass is 195 g/mol. The quantitative estimate of drug-likeness (QED) is 0.771. The molecule has 2 N–H and O–H groups in total. The summed E-state index contributed by atoms with van der Waals surface area (Å²) in [5.74, 6) is 0.0142. The highest BCUT2D eigenvalue weighted by Crippen LogP contribution is 2.22. The summed E-state index contributed by atoms with van der Waals surface area (Å²) in [5, 5.41) is 8.10. The predicted octanol–water partition coefficient (Wildman–Crippen LogP) is 0.897. The van der Waals surface area contributed by atoms with E-state index in [1.54, 1.807) is 12.1 Å². The maximum absolute atomic E-state index is 10.7. The van der Waals surface area contributed by atoms with E-state index in [4.69, 9.17) is 10.2 Å². The molecule has 13 heavy (non-hydrogen) atoms. The Balaban J connectivity index is 2.39. The molecule has 0 aliphatic rings. The second kappa shape index (κ2) is 2.98. The van der Waals surface area contributed by atoms with Gasteiger partial charge in [0, 0.05) is 0 Å². The number of hydrogen-bond acceptors (Lipinski definition) is 5. The van der Waals surface area contributed by atoms with Crippen LogP contribution in [0.3, 0.4) is 0 Å². The van der Waals surface area contributed by atoms with Gasteiger partial charge in [-0.25, -0.2) is 0 Å². The average molecular weight is 195 g/mol. The molecular weight excluding hydrogens is 190 g/mol. The van der Waals surface area contributed by atoms with E-state index >= 15 is 0 Å². The van der Waals surface area contributed by atoms with Gasteiger partial charge in [0.2, 0.25) is 5.01 Å². The molecule has 2 aromatic rings. The maximum Gasteiger partial charge on any atom is 0.279 e. The Morgan fingerprint density at radius 2 is 2.38 bits per heavy atom. The predicted molar refractivity (Wildman–Crippen MR) is 46.1 cm³/mol. The number of carbonyl (C=O) groups excluding carboxylic acids is 1. The Labute approximate surface area is 77.2 Å². The van der Waals surface area contributed by atoms with Gasteiger partial charge >= 0.3 is 0 Å². The normalized spacial score (nSPS) is 10.2. The van der Waals surface area contributed by atoms with E-state index < -0.39 is 5.91 Å². The summed E-state index contributed by atoms with van der Waals surface area (Å²) < 4.78 is 5.07. The van der Waals surface area contributed by atoms with Crippen LogP contribution < -0.4 is 5.73 Å². The summed E-state index contributed by atoms with van der Waals surface area (Å²) in [6, 6.07) is 3.48. The summed E-state index contributed by atoms with van der Waals surface area (Å²) in [6.07, 6.45) is 1.53. The summed E-state index contributed by atoms with van der Waals surface area (Å²) in [5.41, 5.74) is 5.02. The van der Waals surface area contributed by atoms with Crippen molar-refractivity contribution in [1.29, 1.82) is 0 Å². The van der Waals surface area contributed by atoms with E-state index in [1.165, 1.54) is 6.26 Å². The molecule has 0 saturated carbocycles. The molecule has 5 nitrogen and oxygen atoms in total. The number of carbonyl (C=O) groups is 1. The van der Waals surface area contributed by atoms with E-state index in [1.807, 2.05) is 0 Å². The maximum atomic E-state index is 10.7. The summed E-state index contributed by atoms with van der Waals surface area (Å²) in [6.45, 7) is 0. The molecule has 0 spiro atoms. The molecule has 0 saturated heterocycles. The number of furan rings is 1. The van der Waals surface area contributed by atoms with Crippen molar-refractivity contribution in [2.45, 2.75) is 0 Å². The third-order valence-corrected chi connectivity index (χ3v) is 2.32. The van der Waals surface area contributed by atoms with Gasteiger partial charge in [0.25, 0.3) is 5.91 Å². The van der Waals surface area contributed by atoms with Crippen LogP contribution in [0.5, 0.6) is 0 Å². The minimum absolute atomic E-state index is 0.186. The molecule has 1 amide bonds. The minimum Gasteiger partial charge on any atom is -0.462 e. The van der Waals surface area contributed by atoms with E-state index in [0.717, 1.165) is 11.3 Å². The van der Waals surface area contributed by atoms with Gasteiger partial charge < -0.3 is 10.2 Å². The van der Waals surface area contributed by atoms with Crippen molar-refractivity contribution >= 4 is 17.2 Å². The highest BCUT2D eigenvalue weighted by Gasteiger charge is 2.11. The van der Waals surface area contributed by atoms with Crippen molar-refractivity contribution in [1.82, 2.24) is 10.2 Å². The number of nitrogens with zero attached hydrogens (tertiary/aromatic N) is 2. The summed E-state index contributed by atoms with van der Waals surface area (Å²) in [7, 11) is 0. The fraction of sp³-hybridized carbons (Fsp3) is 0. The smallest absolute Gasteiger partial charge is 0.279 e. The fourth-order valence-electron chi connectivity index (χ4n) is 0.823. The largest absolute Gasteiger partial charge is 0.462 e. The Bertz CT molecular complexity index is 421. The average Bonchev–Trinajstić information content (AvgIpc) is 2.75. The highest BCUT2D eigenvalue weighted by molar-refractivity contribution is 7.16. The molecule has 0 aliphatic heterocycles. The minimum atomic E-state index is -0.574. The van der Waals surface area contributed by atoms with Crippen LogP contribution in [0.2, 0.25) is 0 Å². The summed E-state index contributed by atoms with van der Waals surface area (Å²) in [4.78, 5) is 10.7. The van der Waals surface area contributed by atoms with E-state index in [0.29, 0.717) is 10.8 Å². The van der Waals surface area contributed by atoms with E-state index in [2.05, 4.69) is 10.2 Å². The Hall–Kier alpha value is -1.69. The molecule has 0 fully saturated rings. The lowest BCUT2D eigenvalue weighted by Crippen LogP contribution is -2.10. The van der Waals surface area contributed by atoms with Crippen molar-refractivity contribution < 1.29 is 9.21 Å². The van der Waals surface area contributed by atoms with Crippen LogP contribution in [0, 0.1) is 0 Å². The number of aromatic nitrogens is 2. The number of rotatable bonds is 2. The van der Waals surface area contributed by atoms with Gasteiger partial charge in [-0.15, -0.1) is 10.2 Å². The van der Waals surface area contributed by atoms with Gasteiger partial charge in [-0.1, -0.05) is 11.3 Å². The van der Waals surface area contributed by atoms with Gasteiger partial charge in [0.1, 0.15) is 0 Å². The van der Waals surface area contributed by atoms with Gasteiger partial charge in [-0.2, -0.15) is 0 Å². The van der Waals surface area contributed by atoms with Crippen molar-refractivity contribution in [3.8, 4) is 10.8 Å². The highest BCUT2D eigenvalue weighted by atomic mass is 32.1. The molecule has 2 rings (SSSR count). The zero-order valence-electron chi connectivity index (χ0n) is 6.43. The van der Waals surface area contributed by atoms with Gasteiger partial charge in [-0.05, 0) is 12.1 Å². The molecule has 2 aromatic heterocycles. The second-order valence-corrected chi connectivity index (χ2v) is 3.23.